The number of amides is 2. The number of nitrogens with zero attached hydrogens (tertiary/aromatic N) is 1. The Morgan fingerprint density at radius 3 is 2.33 bits per heavy atom. The van der Waals surface area contributed by atoms with E-state index in [0.29, 0.717) is 19.3 Å². The fraction of sp³-hybridized carbons (Fsp3) is 0.636. The van der Waals surface area contributed by atoms with E-state index in [1.807, 2.05) is 49.9 Å². The summed E-state index contributed by atoms with van der Waals surface area (Å²) in [5.41, 5.74) is 1.01. The molecule has 0 aliphatic carbocycles. The van der Waals surface area contributed by atoms with E-state index in [2.05, 4.69) is 19.2 Å². The van der Waals surface area contributed by atoms with Gasteiger partial charge >= 0.3 is 0 Å². The van der Waals surface area contributed by atoms with Gasteiger partial charge in [-0.3, -0.25) is 9.59 Å². The number of hydrogen-bond acceptors (Lipinski definition) is 3. The summed E-state index contributed by atoms with van der Waals surface area (Å²) >= 11 is 0. The number of ether oxygens (including phenoxy) is 1. The quantitative estimate of drug-likeness (QED) is 0.585. The van der Waals surface area contributed by atoms with E-state index in [9.17, 15) is 9.59 Å². The van der Waals surface area contributed by atoms with Crippen molar-refractivity contribution in [2.24, 2.45) is 0 Å². The van der Waals surface area contributed by atoms with Crippen molar-refractivity contribution in [1.29, 1.82) is 0 Å². The number of hydrogen-bond donors (Lipinski definition) is 1. The first-order valence-electron chi connectivity index (χ1n) is 10.2. The second kappa shape index (κ2) is 12.4. The van der Waals surface area contributed by atoms with Gasteiger partial charge in [0.25, 0.3) is 0 Å². The van der Waals surface area contributed by atoms with Crippen LogP contribution in [-0.4, -0.2) is 35.9 Å². The maximum absolute atomic E-state index is 12.3. The highest BCUT2D eigenvalue weighted by Gasteiger charge is 2.14. The lowest BCUT2D eigenvalue weighted by atomic mass is 10.1. The summed E-state index contributed by atoms with van der Waals surface area (Å²) in [4.78, 5) is 26.4. The van der Waals surface area contributed by atoms with E-state index in [-0.39, 0.29) is 24.0 Å². The predicted octanol–water partition coefficient (Wildman–Crippen LogP) is 4.47. The molecular weight excluding hydrogens is 340 g/mol. The number of rotatable bonds is 12. The van der Waals surface area contributed by atoms with Crippen molar-refractivity contribution in [3.05, 3.63) is 29.8 Å². The van der Waals surface area contributed by atoms with Crippen LogP contribution in [0.1, 0.15) is 78.3 Å². The Morgan fingerprint density at radius 1 is 1.07 bits per heavy atom. The van der Waals surface area contributed by atoms with Crippen molar-refractivity contribution in [2.45, 2.75) is 78.9 Å². The summed E-state index contributed by atoms with van der Waals surface area (Å²) < 4.78 is 5.71. The largest absolute Gasteiger partial charge is 0.491 e. The van der Waals surface area contributed by atoms with Gasteiger partial charge in [0.15, 0.2) is 0 Å². The zero-order valence-corrected chi connectivity index (χ0v) is 17.6. The van der Waals surface area contributed by atoms with Gasteiger partial charge in [-0.1, -0.05) is 26.0 Å². The van der Waals surface area contributed by atoms with Gasteiger partial charge in [-0.25, -0.2) is 0 Å². The Balaban J connectivity index is 2.44. The second-order valence-electron chi connectivity index (χ2n) is 7.26. The fourth-order valence-corrected chi connectivity index (χ4v) is 2.99. The summed E-state index contributed by atoms with van der Waals surface area (Å²) in [6.07, 6.45) is 3.41. The van der Waals surface area contributed by atoms with Crippen LogP contribution in [-0.2, 0) is 9.59 Å². The van der Waals surface area contributed by atoms with Crippen LogP contribution >= 0.6 is 0 Å². The minimum absolute atomic E-state index is 0.0250. The molecule has 0 aromatic heterocycles. The molecule has 5 nitrogen and oxygen atoms in total. The molecule has 1 aromatic carbocycles. The first kappa shape index (κ1) is 23.0. The van der Waals surface area contributed by atoms with Crippen molar-refractivity contribution in [1.82, 2.24) is 10.2 Å². The molecule has 27 heavy (non-hydrogen) atoms. The molecule has 5 heteroatoms. The maximum Gasteiger partial charge on any atom is 0.222 e. The van der Waals surface area contributed by atoms with Gasteiger partial charge in [0.2, 0.25) is 11.8 Å². The van der Waals surface area contributed by atoms with Crippen molar-refractivity contribution < 1.29 is 14.3 Å². The van der Waals surface area contributed by atoms with Crippen molar-refractivity contribution >= 4 is 11.8 Å². The normalized spacial score (nSPS) is 11.9. The summed E-state index contributed by atoms with van der Waals surface area (Å²) in [6, 6.07) is 7.70. The molecule has 0 heterocycles. The number of carbonyl (C=O) groups is 2. The average Bonchev–Trinajstić information content (AvgIpc) is 2.61. The van der Waals surface area contributed by atoms with Gasteiger partial charge in [-0.15, -0.1) is 0 Å². The van der Waals surface area contributed by atoms with Crippen LogP contribution in [0.5, 0.6) is 5.75 Å². The topological polar surface area (TPSA) is 58.6 Å². The number of nitrogens with one attached hydrogen (secondary N) is 1. The molecule has 2 amide bonds. The highest BCUT2D eigenvalue weighted by atomic mass is 16.5. The first-order valence-corrected chi connectivity index (χ1v) is 10.2. The molecule has 0 aliphatic heterocycles. The standard InChI is InChI=1S/C22H36N2O3/c1-6-14-24(15-7-2)22(26)13-9-12-21(25)23-18(5)19-10-8-11-20(16-19)27-17(3)4/h8,10-11,16-18H,6-7,9,12-15H2,1-5H3,(H,23,25). The van der Waals surface area contributed by atoms with E-state index >= 15 is 0 Å². The average molecular weight is 377 g/mol. The van der Waals surface area contributed by atoms with Crippen LogP contribution in [0.2, 0.25) is 0 Å². The number of carbonyl (C=O) groups excluding carboxylic acids is 2. The zero-order valence-electron chi connectivity index (χ0n) is 17.6. The molecule has 1 N–H and O–H groups in total. The van der Waals surface area contributed by atoms with E-state index in [1.165, 1.54) is 0 Å². The summed E-state index contributed by atoms with van der Waals surface area (Å²) in [7, 11) is 0. The Labute approximate surface area is 164 Å². The highest BCUT2D eigenvalue weighted by Crippen LogP contribution is 2.20. The smallest absolute Gasteiger partial charge is 0.222 e. The van der Waals surface area contributed by atoms with Crippen LogP contribution < -0.4 is 10.1 Å². The third-order valence-electron chi connectivity index (χ3n) is 4.24. The molecule has 1 atom stereocenters. The summed E-state index contributed by atoms with van der Waals surface area (Å²) in [6.45, 7) is 11.7. The fourth-order valence-electron chi connectivity index (χ4n) is 2.99. The third kappa shape index (κ3) is 8.94. The zero-order chi connectivity index (χ0) is 20.2. The first-order chi connectivity index (χ1) is 12.9. The molecule has 1 aromatic rings. The Bertz CT molecular complexity index is 581. The second-order valence-corrected chi connectivity index (χ2v) is 7.26. The van der Waals surface area contributed by atoms with E-state index < -0.39 is 0 Å². The van der Waals surface area contributed by atoms with Crippen molar-refractivity contribution in [3.8, 4) is 5.75 Å². The molecular formula is C22H36N2O3. The van der Waals surface area contributed by atoms with Gasteiger partial charge in [0.05, 0.1) is 12.1 Å². The van der Waals surface area contributed by atoms with Crippen LogP contribution in [0.25, 0.3) is 0 Å². The van der Waals surface area contributed by atoms with Gasteiger partial charge in [0, 0.05) is 25.9 Å². The molecule has 0 fully saturated rings. The van der Waals surface area contributed by atoms with Crippen LogP contribution in [0, 0.1) is 0 Å². The lowest BCUT2D eigenvalue weighted by Crippen LogP contribution is -2.32. The van der Waals surface area contributed by atoms with Crippen LogP contribution in [0.4, 0.5) is 0 Å². The van der Waals surface area contributed by atoms with Gasteiger partial charge in [-0.05, 0) is 57.7 Å². The lowest BCUT2D eigenvalue weighted by Gasteiger charge is -2.21. The molecule has 152 valence electrons. The van der Waals surface area contributed by atoms with Crippen molar-refractivity contribution in [2.75, 3.05) is 13.1 Å². The molecule has 0 saturated carbocycles. The SMILES string of the molecule is CCCN(CCC)C(=O)CCCC(=O)NC(C)c1cccc(OC(C)C)c1. The van der Waals surface area contributed by atoms with Crippen LogP contribution in [0.3, 0.4) is 0 Å². The molecule has 1 unspecified atom stereocenters. The molecule has 0 saturated heterocycles. The minimum atomic E-state index is -0.0967. The maximum atomic E-state index is 12.3. The highest BCUT2D eigenvalue weighted by molar-refractivity contribution is 5.79. The van der Waals surface area contributed by atoms with E-state index in [1.54, 1.807) is 0 Å². The Hall–Kier alpha value is -2.04. The van der Waals surface area contributed by atoms with Crippen molar-refractivity contribution in [3.63, 3.8) is 0 Å². The van der Waals surface area contributed by atoms with Crippen LogP contribution in [0.15, 0.2) is 24.3 Å². The van der Waals surface area contributed by atoms with Gasteiger partial charge in [0.1, 0.15) is 5.75 Å². The molecule has 0 radical (unpaired) electrons. The van der Waals surface area contributed by atoms with E-state index in [4.69, 9.17) is 4.74 Å². The monoisotopic (exact) mass is 376 g/mol. The third-order valence-corrected chi connectivity index (χ3v) is 4.24. The summed E-state index contributed by atoms with van der Waals surface area (Å²) in [5.74, 6) is 0.933. The number of benzene rings is 1. The molecule has 0 spiro atoms. The predicted molar refractivity (Wildman–Crippen MR) is 110 cm³/mol. The Morgan fingerprint density at radius 2 is 1.74 bits per heavy atom. The minimum Gasteiger partial charge on any atom is -0.491 e. The Kier molecular flexibility index (Phi) is 10.5. The molecule has 0 bridgehead atoms. The lowest BCUT2D eigenvalue weighted by molar-refractivity contribution is -0.131. The molecule has 1 rings (SSSR count). The summed E-state index contributed by atoms with van der Waals surface area (Å²) in [5, 5.41) is 3.01. The van der Waals surface area contributed by atoms with Gasteiger partial charge < -0.3 is 15.0 Å². The van der Waals surface area contributed by atoms with E-state index in [0.717, 1.165) is 37.2 Å². The van der Waals surface area contributed by atoms with Gasteiger partial charge in [-0.2, -0.15) is 0 Å². The molecule has 0 aliphatic rings.